The quantitative estimate of drug-likeness (QED) is 0.583. The van der Waals surface area contributed by atoms with Crippen molar-refractivity contribution in [2.75, 3.05) is 7.11 Å². The molecule has 0 spiro atoms. The van der Waals surface area contributed by atoms with E-state index in [1.165, 1.54) is 7.11 Å². The Morgan fingerprint density at radius 3 is 1.69 bits per heavy atom. The first-order valence-corrected chi connectivity index (χ1v) is 9.30. The predicted molar refractivity (Wildman–Crippen MR) is 102 cm³/mol. The lowest BCUT2D eigenvalue weighted by atomic mass is 9.82. The van der Waals surface area contributed by atoms with Crippen molar-refractivity contribution in [3.05, 3.63) is 29.3 Å². The van der Waals surface area contributed by atoms with Gasteiger partial charge in [0.25, 0.3) is 0 Å². The van der Waals surface area contributed by atoms with Gasteiger partial charge in [0.05, 0.1) is 18.9 Å². The number of carbonyl (C=O) groups is 2. The number of benzene rings is 1. The fraction of sp³-hybridized carbons (Fsp3) is 0.619. The van der Waals surface area contributed by atoms with Crippen molar-refractivity contribution in [2.24, 2.45) is 11.8 Å². The second-order valence-corrected chi connectivity index (χ2v) is 7.72. The number of methoxy groups -OCH3 is 1. The van der Waals surface area contributed by atoms with E-state index in [9.17, 15) is 19.8 Å². The summed E-state index contributed by atoms with van der Waals surface area (Å²) in [6.45, 7) is 8.20. The molecule has 0 aromatic heterocycles. The van der Waals surface area contributed by atoms with Gasteiger partial charge in [-0.1, -0.05) is 33.8 Å². The molecule has 0 saturated heterocycles. The van der Waals surface area contributed by atoms with E-state index >= 15 is 0 Å². The van der Waals surface area contributed by atoms with Crippen LogP contribution >= 0.6 is 0 Å². The van der Waals surface area contributed by atoms with Gasteiger partial charge in [0, 0.05) is 0 Å². The van der Waals surface area contributed by atoms with Gasteiger partial charge in [-0.25, -0.2) is 0 Å². The van der Waals surface area contributed by atoms with Crippen LogP contribution in [0.4, 0.5) is 0 Å². The Labute approximate surface area is 156 Å². The summed E-state index contributed by atoms with van der Waals surface area (Å²) in [5.74, 6) is -1.97. The number of carboxylic acids is 2. The highest BCUT2D eigenvalue weighted by atomic mass is 16.5. The molecule has 1 aromatic carbocycles. The number of hydrogen-bond donors (Lipinski definition) is 2. The Bertz CT molecular complexity index is 606. The molecule has 5 heteroatoms. The van der Waals surface area contributed by atoms with Crippen molar-refractivity contribution in [1.29, 1.82) is 0 Å². The highest BCUT2D eigenvalue weighted by Crippen LogP contribution is 2.36. The zero-order valence-corrected chi connectivity index (χ0v) is 16.5. The number of hydrogen-bond acceptors (Lipinski definition) is 3. The summed E-state index contributed by atoms with van der Waals surface area (Å²) in [6.07, 6.45) is 2.50. The number of rotatable bonds is 11. The van der Waals surface area contributed by atoms with Gasteiger partial charge in [-0.3, -0.25) is 9.59 Å². The van der Waals surface area contributed by atoms with Crippen molar-refractivity contribution in [1.82, 2.24) is 0 Å². The summed E-state index contributed by atoms with van der Waals surface area (Å²) < 4.78 is 5.26. The molecule has 1 aromatic rings. The van der Waals surface area contributed by atoms with Crippen LogP contribution in [0.15, 0.2) is 18.2 Å². The average molecular weight is 364 g/mol. The third-order valence-electron chi connectivity index (χ3n) is 4.71. The summed E-state index contributed by atoms with van der Waals surface area (Å²) in [4.78, 5) is 23.8. The molecule has 0 fully saturated rings. The van der Waals surface area contributed by atoms with E-state index in [1.54, 1.807) is 18.2 Å². The van der Waals surface area contributed by atoms with Crippen LogP contribution in [0.25, 0.3) is 0 Å². The lowest BCUT2D eigenvalue weighted by Gasteiger charge is -2.23. The molecular weight excluding hydrogens is 332 g/mol. The van der Waals surface area contributed by atoms with Gasteiger partial charge in [0.1, 0.15) is 5.75 Å². The molecule has 5 nitrogen and oxygen atoms in total. The van der Waals surface area contributed by atoms with Crippen molar-refractivity contribution >= 4 is 11.9 Å². The van der Waals surface area contributed by atoms with Crippen LogP contribution in [0.3, 0.4) is 0 Å². The smallest absolute Gasteiger partial charge is 0.310 e. The molecule has 2 N–H and O–H groups in total. The van der Waals surface area contributed by atoms with Crippen LogP contribution in [0.2, 0.25) is 0 Å². The standard InChI is InChI=1S/C21H32O5/c1-13(2)6-9-17(20(22)23)16-11-8-15(26-5)12-19(16)18(21(24)25)10-7-14(3)4/h8,11-14,17-18H,6-7,9-10H2,1-5H3,(H,22,23)(H,24,25). The van der Waals surface area contributed by atoms with Gasteiger partial charge in [-0.05, 0) is 60.8 Å². The summed E-state index contributed by atoms with van der Waals surface area (Å²) in [5.41, 5.74) is 1.16. The van der Waals surface area contributed by atoms with E-state index in [4.69, 9.17) is 4.74 Å². The second-order valence-electron chi connectivity index (χ2n) is 7.72. The molecule has 1 rings (SSSR count). The third-order valence-corrected chi connectivity index (χ3v) is 4.71. The lowest BCUT2D eigenvalue weighted by molar-refractivity contribution is -0.140. The molecule has 0 aliphatic heterocycles. The zero-order valence-electron chi connectivity index (χ0n) is 16.5. The Morgan fingerprint density at radius 1 is 0.846 bits per heavy atom. The first-order chi connectivity index (χ1) is 12.2. The molecule has 0 aliphatic carbocycles. The predicted octanol–water partition coefficient (Wildman–Crippen LogP) is 4.90. The second kappa shape index (κ2) is 10.2. The maximum atomic E-state index is 11.9. The van der Waals surface area contributed by atoms with E-state index in [2.05, 4.69) is 13.8 Å². The van der Waals surface area contributed by atoms with Gasteiger partial charge in [-0.2, -0.15) is 0 Å². The molecule has 0 aliphatic rings. The molecule has 0 radical (unpaired) electrons. The lowest BCUT2D eigenvalue weighted by Crippen LogP contribution is -2.20. The molecular formula is C21H32O5. The molecule has 0 heterocycles. The fourth-order valence-electron chi connectivity index (χ4n) is 3.12. The van der Waals surface area contributed by atoms with E-state index in [-0.39, 0.29) is 0 Å². The van der Waals surface area contributed by atoms with Crippen LogP contribution < -0.4 is 4.74 Å². The third kappa shape index (κ3) is 6.36. The SMILES string of the molecule is COc1ccc(C(CCC(C)C)C(=O)O)c(C(CCC(C)C)C(=O)O)c1. The monoisotopic (exact) mass is 364 g/mol. The largest absolute Gasteiger partial charge is 0.497 e. The minimum Gasteiger partial charge on any atom is -0.497 e. The first kappa shape index (κ1) is 22.0. The fourth-order valence-corrected chi connectivity index (χ4v) is 3.12. The van der Waals surface area contributed by atoms with Crippen LogP contribution in [-0.2, 0) is 9.59 Å². The Morgan fingerprint density at radius 2 is 1.31 bits per heavy atom. The molecule has 2 unspecified atom stereocenters. The van der Waals surface area contributed by atoms with Gasteiger partial charge in [-0.15, -0.1) is 0 Å². The summed E-state index contributed by atoms with van der Waals surface area (Å²) in [7, 11) is 1.52. The Kier molecular flexibility index (Phi) is 8.62. The van der Waals surface area contributed by atoms with E-state index < -0.39 is 23.8 Å². The maximum Gasteiger partial charge on any atom is 0.310 e. The maximum absolute atomic E-state index is 11.9. The van der Waals surface area contributed by atoms with Crippen LogP contribution in [0.1, 0.15) is 76.3 Å². The van der Waals surface area contributed by atoms with Crippen LogP contribution in [0.5, 0.6) is 5.75 Å². The highest BCUT2D eigenvalue weighted by molar-refractivity contribution is 5.81. The minimum atomic E-state index is -0.923. The van der Waals surface area contributed by atoms with Crippen molar-refractivity contribution in [2.45, 2.75) is 65.2 Å². The minimum absolute atomic E-state index is 0.377. The van der Waals surface area contributed by atoms with Crippen LogP contribution in [0, 0.1) is 11.8 Å². The zero-order chi connectivity index (χ0) is 19.9. The first-order valence-electron chi connectivity index (χ1n) is 9.30. The van der Waals surface area contributed by atoms with Gasteiger partial charge >= 0.3 is 11.9 Å². The highest BCUT2D eigenvalue weighted by Gasteiger charge is 2.29. The van der Waals surface area contributed by atoms with Gasteiger partial charge in [0.2, 0.25) is 0 Å². The molecule has 0 bridgehead atoms. The topological polar surface area (TPSA) is 83.8 Å². The van der Waals surface area contributed by atoms with Crippen molar-refractivity contribution in [3.8, 4) is 5.75 Å². The van der Waals surface area contributed by atoms with Crippen molar-refractivity contribution < 1.29 is 24.5 Å². The number of ether oxygens (including phenoxy) is 1. The number of aliphatic carboxylic acids is 2. The molecule has 0 saturated carbocycles. The van der Waals surface area contributed by atoms with Crippen molar-refractivity contribution in [3.63, 3.8) is 0 Å². The molecule has 146 valence electrons. The van der Waals surface area contributed by atoms with Crippen LogP contribution in [-0.4, -0.2) is 29.3 Å². The average Bonchev–Trinajstić information content (AvgIpc) is 2.54. The van der Waals surface area contributed by atoms with E-state index in [1.807, 2.05) is 13.8 Å². The summed E-state index contributed by atoms with van der Waals surface area (Å²) in [5, 5.41) is 19.5. The number of carboxylic acid groups (broad SMARTS) is 2. The Hall–Kier alpha value is -2.04. The normalized spacial score (nSPS) is 13.7. The summed E-state index contributed by atoms with van der Waals surface area (Å²) in [6, 6.07) is 5.13. The van der Waals surface area contributed by atoms with Gasteiger partial charge < -0.3 is 14.9 Å². The summed E-state index contributed by atoms with van der Waals surface area (Å²) >= 11 is 0. The van der Waals surface area contributed by atoms with E-state index in [0.29, 0.717) is 41.6 Å². The molecule has 0 amide bonds. The Balaban J connectivity index is 3.36. The molecule has 26 heavy (non-hydrogen) atoms. The molecule has 2 atom stereocenters. The van der Waals surface area contributed by atoms with E-state index in [0.717, 1.165) is 12.8 Å². The van der Waals surface area contributed by atoms with Gasteiger partial charge in [0.15, 0.2) is 0 Å².